The van der Waals surface area contributed by atoms with Crippen molar-refractivity contribution in [3.05, 3.63) is 0 Å². The molecule has 0 radical (unpaired) electrons. The van der Waals surface area contributed by atoms with E-state index in [1.807, 2.05) is 11.9 Å². The summed E-state index contributed by atoms with van der Waals surface area (Å²) in [6, 6.07) is 2.18. The largest absolute Gasteiger partial charge is 0.469 e. The summed E-state index contributed by atoms with van der Waals surface area (Å²) in [4.78, 5) is 24.3. The van der Waals surface area contributed by atoms with Crippen LogP contribution >= 0.6 is 0 Å². The van der Waals surface area contributed by atoms with Gasteiger partial charge in [0.2, 0.25) is 0 Å². The predicted molar refractivity (Wildman–Crippen MR) is 56.4 cm³/mol. The Morgan fingerprint density at radius 3 is 2.69 bits per heavy atom. The Morgan fingerprint density at radius 2 is 2.19 bits per heavy atom. The van der Waals surface area contributed by atoms with Crippen LogP contribution in [0.3, 0.4) is 0 Å². The first-order valence-corrected chi connectivity index (χ1v) is 5.28. The van der Waals surface area contributed by atoms with Crippen LogP contribution in [-0.4, -0.2) is 42.9 Å². The van der Waals surface area contributed by atoms with Crippen LogP contribution in [0.1, 0.15) is 25.7 Å². The van der Waals surface area contributed by atoms with Crippen molar-refractivity contribution in [2.75, 3.05) is 14.2 Å². The van der Waals surface area contributed by atoms with E-state index in [1.165, 1.54) is 7.11 Å². The van der Waals surface area contributed by atoms with E-state index in [0.29, 0.717) is 6.42 Å². The van der Waals surface area contributed by atoms with Crippen LogP contribution in [-0.2, 0) is 14.3 Å². The molecule has 16 heavy (non-hydrogen) atoms. The second-order valence-electron chi connectivity index (χ2n) is 4.04. The molecular weight excluding hydrogens is 208 g/mol. The van der Waals surface area contributed by atoms with Crippen molar-refractivity contribution in [3.8, 4) is 6.07 Å². The zero-order chi connectivity index (χ0) is 12.1. The summed E-state index contributed by atoms with van der Waals surface area (Å²) in [5, 5.41) is 8.82. The zero-order valence-electron chi connectivity index (χ0n) is 9.60. The summed E-state index contributed by atoms with van der Waals surface area (Å²) < 4.78 is 4.43. The summed E-state index contributed by atoms with van der Waals surface area (Å²) in [7, 11) is 3.11. The quantitative estimate of drug-likeness (QED) is 0.513. The molecule has 2 unspecified atom stereocenters. The van der Waals surface area contributed by atoms with Crippen molar-refractivity contribution < 1.29 is 14.3 Å². The van der Waals surface area contributed by atoms with Gasteiger partial charge in [-0.25, -0.2) is 0 Å². The first-order valence-electron chi connectivity index (χ1n) is 5.28. The van der Waals surface area contributed by atoms with Gasteiger partial charge in [-0.05, 0) is 19.9 Å². The predicted octanol–water partition coefficient (Wildman–Crippen LogP) is 0.495. The average molecular weight is 224 g/mol. The topological polar surface area (TPSA) is 70.4 Å². The summed E-state index contributed by atoms with van der Waals surface area (Å²) in [6.07, 6.45) is 1.78. The van der Waals surface area contributed by atoms with Crippen molar-refractivity contribution in [3.63, 3.8) is 0 Å². The van der Waals surface area contributed by atoms with Gasteiger partial charge in [0.25, 0.3) is 0 Å². The molecule has 0 aliphatic carbocycles. The molecule has 0 spiro atoms. The Kier molecular flexibility index (Phi) is 4.44. The fraction of sp³-hybridized carbons (Fsp3) is 0.727. The van der Waals surface area contributed by atoms with E-state index in [1.54, 1.807) is 0 Å². The van der Waals surface area contributed by atoms with Crippen LogP contribution in [0.15, 0.2) is 0 Å². The van der Waals surface area contributed by atoms with E-state index in [4.69, 9.17) is 5.26 Å². The Labute approximate surface area is 95.0 Å². The number of carbonyl (C=O) groups is 2. The molecule has 0 N–H and O–H groups in total. The van der Waals surface area contributed by atoms with Gasteiger partial charge in [-0.1, -0.05) is 0 Å². The molecule has 1 saturated heterocycles. The van der Waals surface area contributed by atoms with E-state index in [9.17, 15) is 9.59 Å². The molecule has 1 heterocycles. The number of ketones is 1. The molecular formula is C11H16N2O3. The van der Waals surface area contributed by atoms with E-state index in [0.717, 1.165) is 12.8 Å². The molecule has 0 saturated carbocycles. The van der Waals surface area contributed by atoms with Crippen molar-refractivity contribution in [1.29, 1.82) is 5.26 Å². The fourth-order valence-electron chi connectivity index (χ4n) is 1.98. The highest BCUT2D eigenvalue weighted by Crippen LogP contribution is 2.24. The van der Waals surface area contributed by atoms with Gasteiger partial charge >= 0.3 is 5.97 Å². The SMILES string of the molecule is COC(=O)CC(=O)CC1CCC(C#N)N1C. The normalized spacial score (nSPS) is 25.1. The smallest absolute Gasteiger partial charge is 0.313 e. The number of ether oxygens (including phenoxy) is 1. The maximum atomic E-state index is 11.5. The molecule has 0 bridgehead atoms. The fourth-order valence-corrected chi connectivity index (χ4v) is 1.98. The lowest BCUT2D eigenvalue weighted by molar-refractivity contribution is -0.143. The number of nitrogens with zero attached hydrogens (tertiary/aromatic N) is 2. The van der Waals surface area contributed by atoms with Gasteiger partial charge in [0.15, 0.2) is 0 Å². The maximum Gasteiger partial charge on any atom is 0.313 e. The number of likely N-dealkylation sites (tertiary alicyclic amines) is 1. The lowest BCUT2D eigenvalue weighted by atomic mass is 10.1. The number of Topliss-reactive ketones (excluding diaryl/α,β-unsaturated/α-hetero) is 1. The Hall–Kier alpha value is -1.41. The summed E-state index contributed by atoms with van der Waals surface area (Å²) >= 11 is 0. The molecule has 1 aliphatic rings. The Balaban J connectivity index is 2.41. The molecule has 1 fully saturated rings. The minimum atomic E-state index is -0.498. The number of nitriles is 1. The van der Waals surface area contributed by atoms with Crippen LogP contribution in [0.2, 0.25) is 0 Å². The van der Waals surface area contributed by atoms with Gasteiger partial charge in [0.1, 0.15) is 12.2 Å². The van der Waals surface area contributed by atoms with Crippen molar-refractivity contribution in [2.24, 2.45) is 0 Å². The van der Waals surface area contributed by atoms with Crippen molar-refractivity contribution in [2.45, 2.75) is 37.8 Å². The molecule has 5 heteroatoms. The van der Waals surface area contributed by atoms with Gasteiger partial charge in [-0.3, -0.25) is 14.5 Å². The minimum Gasteiger partial charge on any atom is -0.469 e. The van der Waals surface area contributed by atoms with Crippen LogP contribution in [0.25, 0.3) is 0 Å². The monoisotopic (exact) mass is 224 g/mol. The van der Waals surface area contributed by atoms with Crippen LogP contribution < -0.4 is 0 Å². The number of rotatable bonds is 4. The average Bonchev–Trinajstić information content (AvgIpc) is 2.59. The highest BCUT2D eigenvalue weighted by Gasteiger charge is 2.31. The highest BCUT2D eigenvalue weighted by atomic mass is 16.5. The molecule has 2 atom stereocenters. The van der Waals surface area contributed by atoms with E-state index in [-0.39, 0.29) is 24.3 Å². The number of hydrogen-bond donors (Lipinski definition) is 0. The molecule has 0 aromatic carbocycles. The molecule has 0 amide bonds. The third kappa shape index (κ3) is 3.04. The maximum absolute atomic E-state index is 11.5. The molecule has 1 aliphatic heterocycles. The van der Waals surface area contributed by atoms with Gasteiger partial charge in [0, 0.05) is 12.5 Å². The van der Waals surface area contributed by atoms with Crippen molar-refractivity contribution >= 4 is 11.8 Å². The summed E-state index contributed by atoms with van der Waals surface area (Å²) in [5.41, 5.74) is 0. The standard InChI is InChI=1S/C11H16N2O3/c1-13-8(3-4-9(13)7-12)5-10(14)6-11(15)16-2/h8-9H,3-6H2,1-2H3. The van der Waals surface area contributed by atoms with Crippen LogP contribution in [0, 0.1) is 11.3 Å². The first kappa shape index (κ1) is 12.7. The van der Waals surface area contributed by atoms with Crippen LogP contribution in [0.5, 0.6) is 0 Å². The molecule has 1 rings (SSSR count). The third-order valence-corrected chi connectivity index (χ3v) is 3.02. The number of carbonyl (C=O) groups excluding carboxylic acids is 2. The molecule has 5 nitrogen and oxygen atoms in total. The summed E-state index contributed by atoms with van der Waals surface area (Å²) in [6.45, 7) is 0. The second kappa shape index (κ2) is 5.61. The molecule has 0 aromatic heterocycles. The van der Waals surface area contributed by atoms with Gasteiger partial charge in [0.05, 0.1) is 19.2 Å². The number of methoxy groups -OCH3 is 1. The number of esters is 1. The van der Waals surface area contributed by atoms with Gasteiger partial charge < -0.3 is 4.74 Å². The van der Waals surface area contributed by atoms with Crippen molar-refractivity contribution in [1.82, 2.24) is 4.90 Å². The van der Waals surface area contributed by atoms with E-state index >= 15 is 0 Å². The number of hydrogen-bond acceptors (Lipinski definition) is 5. The van der Waals surface area contributed by atoms with E-state index < -0.39 is 5.97 Å². The Bertz CT molecular complexity index is 322. The van der Waals surface area contributed by atoms with Gasteiger partial charge in [-0.15, -0.1) is 0 Å². The second-order valence-corrected chi connectivity index (χ2v) is 4.04. The third-order valence-electron chi connectivity index (χ3n) is 3.02. The van der Waals surface area contributed by atoms with Crippen LogP contribution in [0.4, 0.5) is 0 Å². The summed E-state index contributed by atoms with van der Waals surface area (Å²) in [5.74, 6) is -0.621. The minimum absolute atomic E-state index is 0.0850. The Morgan fingerprint density at radius 1 is 1.50 bits per heavy atom. The zero-order valence-corrected chi connectivity index (χ0v) is 9.60. The van der Waals surface area contributed by atoms with Gasteiger partial charge in [-0.2, -0.15) is 5.26 Å². The highest BCUT2D eigenvalue weighted by molar-refractivity contribution is 5.95. The first-order chi connectivity index (χ1) is 7.58. The lowest BCUT2D eigenvalue weighted by Crippen LogP contribution is -2.33. The van der Waals surface area contributed by atoms with E-state index in [2.05, 4.69) is 10.8 Å². The molecule has 0 aromatic rings. The molecule has 88 valence electrons. The lowest BCUT2D eigenvalue weighted by Gasteiger charge is -2.20.